The molecule has 0 bridgehead atoms. The number of halogens is 2. The van der Waals surface area contributed by atoms with Crippen molar-refractivity contribution < 1.29 is 0 Å². The predicted octanol–water partition coefficient (Wildman–Crippen LogP) is 2.05. The van der Waals surface area contributed by atoms with Crippen molar-refractivity contribution in [3.8, 4) is 0 Å². The monoisotopic (exact) mass is 276 g/mol. The molecule has 0 atom stereocenters. The predicted molar refractivity (Wildman–Crippen MR) is 73.3 cm³/mol. The molecule has 1 aliphatic rings. The van der Waals surface area contributed by atoms with Crippen LogP contribution in [0.3, 0.4) is 0 Å². The maximum absolute atomic E-state index is 5.94. The number of hydrogen-bond acceptors (Lipinski definition) is 4. The van der Waals surface area contributed by atoms with E-state index in [-0.39, 0.29) is 12.4 Å². The van der Waals surface area contributed by atoms with Gasteiger partial charge in [-0.25, -0.2) is 9.97 Å². The number of anilines is 1. The lowest BCUT2D eigenvalue weighted by Gasteiger charge is -2.31. The fourth-order valence-electron chi connectivity index (χ4n) is 2.02. The van der Waals surface area contributed by atoms with Crippen LogP contribution in [-0.2, 0) is 0 Å². The van der Waals surface area contributed by atoms with Gasteiger partial charge in [0.1, 0.15) is 5.15 Å². The molecule has 17 heavy (non-hydrogen) atoms. The van der Waals surface area contributed by atoms with Crippen molar-refractivity contribution in [2.45, 2.75) is 25.8 Å². The van der Waals surface area contributed by atoms with Crippen molar-refractivity contribution in [3.05, 3.63) is 16.9 Å². The summed E-state index contributed by atoms with van der Waals surface area (Å²) >= 11 is 5.94. The van der Waals surface area contributed by atoms with Crippen LogP contribution in [0.1, 0.15) is 18.5 Å². The van der Waals surface area contributed by atoms with Crippen molar-refractivity contribution in [1.82, 2.24) is 15.3 Å². The molecule has 0 radical (unpaired) electrons. The summed E-state index contributed by atoms with van der Waals surface area (Å²) in [6, 6.07) is 2.40. The average Bonchev–Trinajstić information content (AvgIpc) is 2.28. The first-order chi connectivity index (χ1) is 7.69. The van der Waals surface area contributed by atoms with Gasteiger partial charge in [-0.3, -0.25) is 0 Å². The van der Waals surface area contributed by atoms with Gasteiger partial charge in [0.2, 0.25) is 5.95 Å². The minimum absolute atomic E-state index is 0. The van der Waals surface area contributed by atoms with Crippen molar-refractivity contribution in [2.75, 3.05) is 25.0 Å². The Balaban J connectivity index is 0.00000144. The number of piperidine rings is 1. The minimum Gasteiger partial charge on any atom is -0.341 e. The second kappa shape index (κ2) is 6.38. The number of aryl methyl sites for hydroxylation is 1. The highest BCUT2D eigenvalue weighted by Gasteiger charge is 2.19. The van der Waals surface area contributed by atoms with Gasteiger partial charge in [0.05, 0.1) is 0 Å². The Morgan fingerprint density at radius 1 is 1.35 bits per heavy atom. The van der Waals surface area contributed by atoms with Crippen molar-refractivity contribution in [2.24, 2.45) is 0 Å². The fraction of sp³-hybridized carbons (Fsp3) is 0.636. The van der Waals surface area contributed by atoms with E-state index in [2.05, 4.69) is 20.2 Å². The Kier molecular flexibility index (Phi) is 5.43. The van der Waals surface area contributed by atoms with E-state index in [9.17, 15) is 0 Å². The lowest BCUT2D eigenvalue weighted by atomic mass is 10.1. The average molecular weight is 277 g/mol. The third-order valence-corrected chi connectivity index (χ3v) is 3.19. The summed E-state index contributed by atoms with van der Waals surface area (Å²) in [6.07, 6.45) is 2.26. The first kappa shape index (κ1) is 14.5. The highest BCUT2D eigenvalue weighted by Crippen LogP contribution is 2.18. The summed E-state index contributed by atoms with van der Waals surface area (Å²) in [5, 5.41) is 3.83. The molecule has 1 aliphatic heterocycles. The van der Waals surface area contributed by atoms with Crippen LogP contribution in [0.5, 0.6) is 0 Å². The molecule has 1 aromatic rings. The fourth-order valence-corrected chi connectivity index (χ4v) is 2.26. The molecule has 1 fully saturated rings. The lowest BCUT2D eigenvalue weighted by molar-refractivity contribution is 0.438. The lowest BCUT2D eigenvalue weighted by Crippen LogP contribution is -2.41. The summed E-state index contributed by atoms with van der Waals surface area (Å²) in [7, 11) is 2.01. The Bertz CT molecular complexity index is 344. The number of aromatic nitrogens is 2. The normalized spacial score (nSPS) is 16.8. The highest BCUT2D eigenvalue weighted by atomic mass is 35.5. The van der Waals surface area contributed by atoms with Gasteiger partial charge in [-0.05, 0) is 32.9 Å². The highest BCUT2D eigenvalue weighted by molar-refractivity contribution is 6.29. The summed E-state index contributed by atoms with van der Waals surface area (Å²) in [6.45, 7) is 3.92. The molecular formula is C11H18Cl2N4. The summed E-state index contributed by atoms with van der Waals surface area (Å²) in [4.78, 5) is 10.9. The molecule has 1 saturated heterocycles. The molecule has 0 aliphatic carbocycles. The minimum atomic E-state index is 0. The maximum Gasteiger partial charge on any atom is 0.226 e. The number of nitrogens with zero attached hydrogens (tertiary/aromatic N) is 3. The van der Waals surface area contributed by atoms with E-state index in [0.717, 1.165) is 37.6 Å². The van der Waals surface area contributed by atoms with Crippen LogP contribution < -0.4 is 10.2 Å². The SMILES string of the molecule is CNC1CCN(c2nc(C)cc(Cl)n2)CC1.Cl. The van der Waals surface area contributed by atoms with Gasteiger partial charge >= 0.3 is 0 Å². The van der Waals surface area contributed by atoms with E-state index in [1.54, 1.807) is 6.07 Å². The van der Waals surface area contributed by atoms with Crippen LogP contribution in [0.25, 0.3) is 0 Å². The zero-order chi connectivity index (χ0) is 11.5. The number of nitrogens with one attached hydrogen (secondary N) is 1. The van der Waals surface area contributed by atoms with Crippen LogP contribution in [0.15, 0.2) is 6.07 Å². The van der Waals surface area contributed by atoms with E-state index < -0.39 is 0 Å². The Labute approximate surface area is 113 Å². The van der Waals surface area contributed by atoms with E-state index in [4.69, 9.17) is 11.6 Å². The van der Waals surface area contributed by atoms with Crippen LogP contribution in [-0.4, -0.2) is 36.1 Å². The quantitative estimate of drug-likeness (QED) is 0.840. The van der Waals surface area contributed by atoms with Crippen molar-refractivity contribution >= 4 is 30.0 Å². The largest absolute Gasteiger partial charge is 0.341 e. The van der Waals surface area contributed by atoms with E-state index in [1.165, 1.54) is 0 Å². The molecule has 1 N–H and O–H groups in total. The first-order valence-electron chi connectivity index (χ1n) is 5.62. The third kappa shape index (κ3) is 3.69. The van der Waals surface area contributed by atoms with Crippen LogP contribution in [0.2, 0.25) is 5.15 Å². The maximum atomic E-state index is 5.94. The molecule has 6 heteroatoms. The van der Waals surface area contributed by atoms with Crippen LogP contribution in [0.4, 0.5) is 5.95 Å². The topological polar surface area (TPSA) is 41.0 Å². The second-order valence-corrected chi connectivity index (χ2v) is 4.57. The van der Waals surface area contributed by atoms with Gasteiger partial charge in [0.25, 0.3) is 0 Å². The van der Waals surface area contributed by atoms with Crippen LogP contribution >= 0.6 is 24.0 Å². The van der Waals surface area contributed by atoms with Crippen molar-refractivity contribution in [1.29, 1.82) is 0 Å². The summed E-state index contributed by atoms with van der Waals surface area (Å²) in [5.41, 5.74) is 0.922. The van der Waals surface area contributed by atoms with Gasteiger partial charge in [-0.15, -0.1) is 12.4 Å². The van der Waals surface area contributed by atoms with Gasteiger partial charge < -0.3 is 10.2 Å². The number of hydrogen-bond donors (Lipinski definition) is 1. The molecule has 96 valence electrons. The molecule has 0 saturated carbocycles. The Morgan fingerprint density at radius 2 is 2.00 bits per heavy atom. The first-order valence-corrected chi connectivity index (χ1v) is 6.00. The molecule has 0 amide bonds. The molecule has 0 aromatic carbocycles. The molecule has 4 nitrogen and oxygen atoms in total. The second-order valence-electron chi connectivity index (χ2n) is 4.18. The van der Waals surface area contributed by atoms with Crippen molar-refractivity contribution in [3.63, 3.8) is 0 Å². The molecule has 0 unspecified atom stereocenters. The Morgan fingerprint density at radius 3 is 2.53 bits per heavy atom. The van der Waals surface area contributed by atoms with Gasteiger partial charge in [0.15, 0.2) is 0 Å². The number of rotatable bonds is 2. The zero-order valence-corrected chi connectivity index (χ0v) is 11.7. The summed E-state index contributed by atoms with van der Waals surface area (Å²) < 4.78 is 0. The van der Waals surface area contributed by atoms with E-state index in [0.29, 0.717) is 11.2 Å². The molecule has 1 aromatic heterocycles. The van der Waals surface area contributed by atoms with Gasteiger partial charge in [-0.1, -0.05) is 11.6 Å². The van der Waals surface area contributed by atoms with E-state index in [1.807, 2.05) is 14.0 Å². The van der Waals surface area contributed by atoms with E-state index >= 15 is 0 Å². The zero-order valence-electron chi connectivity index (χ0n) is 10.1. The van der Waals surface area contributed by atoms with Crippen LogP contribution in [0, 0.1) is 6.92 Å². The smallest absolute Gasteiger partial charge is 0.226 e. The summed E-state index contributed by atoms with van der Waals surface area (Å²) in [5.74, 6) is 0.763. The third-order valence-electron chi connectivity index (χ3n) is 3.00. The molecule has 2 heterocycles. The molecule has 2 rings (SSSR count). The van der Waals surface area contributed by atoms with Gasteiger partial charge in [-0.2, -0.15) is 0 Å². The molecule has 0 spiro atoms. The Hall–Kier alpha value is -0.580. The molecular weight excluding hydrogens is 259 g/mol. The standard InChI is InChI=1S/C11H17ClN4.ClH/c1-8-7-10(12)15-11(14-8)16-5-3-9(13-2)4-6-16;/h7,9,13H,3-6H2,1-2H3;1H. The van der Waals surface area contributed by atoms with Gasteiger partial charge in [0, 0.05) is 24.8 Å².